The average Bonchev–Trinajstić information content (AvgIpc) is 3.26. The number of carboxylic acid groups (broad SMARTS) is 1. The summed E-state index contributed by atoms with van der Waals surface area (Å²) in [5.41, 5.74) is 6.10. The van der Waals surface area contributed by atoms with Gasteiger partial charge in [0.05, 0.1) is 17.2 Å². The Morgan fingerprint density at radius 3 is 2.15 bits per heavy atom. The number of alkyl carbamates (subject to hydrolysis) is 1. The number of ether oxygens (including phenoxy) is 2. The van der Waals surface area contributed by atoms with Crippen LogP contribution in [0.1, 0.15) is 62.0 Å². The van der Waals surface area contributed by atoms with Gasteiger partial charge in [0.2, 0.25) is 11.3 Å². The second-order valence-electron chi connectivity index (χ2n) is 14.6. The van der Waals surface area contributed by atoms with Crippen LogP contribution < -0.4 is 32.0 Å². The van der Waals surface area contributed by atoms with E-state index < -0.39 is 58.8 Å². The molecule has 0 radical (unpaired) electrons. The fourth-order valence-corrected chi connectivity index (χ4v) is 6.33. The van der Waals surface area contributed by atoms with Crippen LogP contribution in [0.5, 0.6) is 0 Å². The molecule has 3 aromatic carbocycles. The van der Waals surface area contributed by atoms with Gasteiger partial charge in [-0.1, -0.05) is 63.2 Å². The molecule has 5 rings (SSSR count). The predicted molar refractivity (Wildman–Crippen MR) is 230 cm³/mol. The number of piperazine rings is 1. The first kappa shape index (κ1) is 47.7. The molecule has 18 heteroatoms. The van der Waals surface area contributed by atoms with Crippen molar-refractivity contribution < 1.29 is 47.3 Å². The number of aromatic carboxylic acids is 1. The number of halogens is 2. The number of carbonyl (C=O) groups is 5. The molecule has 1 aliphatic rings. The number of fused-ring (bicyclic) bond motifs is 1. The number of carboxylic acids is 1. The maximum atomic E-state index is 15.2. The molecule has 1 aliphatic heterocycles. The minimum absolute atomic E-state index is 0.0201. The number of anilines is 2. The second-order valence-corrected chi connectivity index (χ2v) is 14.6. The van der Waals surface area contributed by atoms with Crippen molar-refractivity contribution in [2.45, 2.75) is 66.3 Å². The van der Waals surface area contributed by atoms with Gasteiger partial charge in [0.15, 0.2) is 0 Å². The molecule has 16 nitrogen and oxygen atoms in total. The highest BCUT2D eigenvalue weighted by molar-refractivity contribution is 5.94. The first-order valence-corrected chi connectivity index (χ1v) is 20.1. The van der Waals surface area contributed by atoms with E-state index in [9.17, 15) is 33.9 Å². The smallest absolute Gasteiger partial charge is 0.410 e. The number of nitrogens with one attached hydrogen (secondary N) is 3. The topological polar surface area (TPSA) is 215 Å². The fourth-order valence-electron chi connectivity index (χ4n) is 6.33. The van der Waals surface area contributed by atoms with Gasteiger partial charge in [-0.3, -0.25) is 9.59 Å². The number of aromatic nitrogens is 1. The molecular formula is C44H53F2N7O9. The minimum Gasteiger partial charge on any atom is -0.477 e. The molecule has 1 atom stereocenters. The Morgan fingerprint density at radius 1 is 0.919 bits per heavy atom. The highest BCUT2D eigenvalue weighted by Gasteiger charge is 2.26. The lowest BCUT2D eigenvalue weighted by Crippen LogP contribution is -2.49. The highest BCUT2D eigenvalue weighted by atomic mass is 19.1. The van der Waals surface area contributed by atoms with Crippen molar-refractivity contribution >= 4 is 52.4 Å². The van der Waals surface area contributed by atoms with Crippen LogP contribution >= 0.6 is 0 Å². The van der Waals surface area contributed by atoms with E-state index in [0.717, 1.165) is 24.1 Å². The van der Waals surface area contributed by atoms with Crippen molar-refractivity contribution in [1.82, 2.24) is 20.1 Å². The summed E-state index contributed by atoms with van der Waals surface area (Å²) < 4.78 is 42.6. The molecule has 0 spiro atoms. The second kappa shape index (κ2) is 23.1. The number of amides is 5. The van der Waals surface area contributed by atoms with Crippen LogP contribution in [0, 0.1) is 11.7 Å². The van der Waals surface area contributed by atoms with E-state index in [4.69, 9.17) is 15.2 Å². The number of benzene rings is 3. The molecule has 1 saturated heterocycles. The van der Waals surface area contributed by atoms with Crippen LogP contribution in [0.25, 0.3) is 10.9 Å². The van der Waals surface area contributed by atoms with E-state index in [2.05, 4.69) is 16.0 Å². The lowest BCUT2D eigenvalue weighted by molar-refractivity contribution is -0.115. The van der Waals surface area contributed by atoms with E-state index in [-0.39, 0.29) is 49.7 Å². The summed E-state index contributed by atoms with van der Waals surface area (Å²) in [7, 11) is 0. The molecule has 1 fully saturated rings. The van der Waals surface area contributed by atoms with Crippen LogP contribution in [0.2, 0.25) is 0 Å². The van der Waals surface area contributed by atoms with Crippen LogP contribution in [0.15, 0.2) is 89.6 Å². The zero-order chi connectivity index (χ0) is 45.3. The molecule has 0 bridgehead atoms. The van der Waals surface area contributed by atoms with Crippen molar-refractivity contribution in [2.24, 2.45) is 11.7 Å². The minimum atomic E-state index is -1.38. The third-order valence-corrected chi connectivity index (χ3v) is 9.68. The largest absolute Gasteiger partial charge is 0.477 e. The van der Waals surface area contributed by atoms with E-state index in [0.29, 0.717) is 42.9 Å². The normalized spacial score (nSPS) is 13.1. The number of nitrogens with zero attached hydrogens (tertiary/aromatic N) is 3. The number of primary amides is 1. The van der Waals surface area contributed by atoms with Gasteiger partial charge in [-0.15, -0.1) is 0 Å². The summed E-state index contributed by atoms with van der Waals surface area (Å²) >= 11 is 0. The molecule has 62 heavy (non-hydrogen) atoms. The Balaban J connectivity index is 0.00000111. The van der Waals surface area contributed by atoms with Crippen molar-refractivity contribution in [3.63, 3.8) is 0 Å². The van der Waals surface area contributed by atoms with Crippen LogP contribution in [-0.2, 0) is 34.0 Å². The van der Waals surface area contributed by atoms with Gasteiger partial charge in [-0.25, -0.2) is 28.0 Å². The molecule has 0 saturated carbocycles. The average molecular weight is 862 g/mol. The van der Waals surface area contributed by atoms with Crippen molar-refractivity contribution in [3.8, 4) is 0 Å². The van der Waals surface area contributed by atoms with Crippen LogP contribution in [-0.4, -0.2) is 83.4 Å². The zero-order valence-corrected chi connectivity index (χ0v) is 35.1. The van der Waals surface area contributed by atoms with Crippen molar-refractivity contribution in [1.29, 1.82) is 0 Å². The molecular weight excluding hydrogens is 809 g/mol. The summed E-state index contributed by atoms with van der Waals surface area (Å²) in [6.07, 6.45) is 1.71. The van der Waals surface area contributed by atoms with E-state index in [1.807, 2.05) is 25.1 Å². The van der Waals surface area contributed by atoms with Gasteiger partial charge in [0, 0.05) is 63.0 Å². The van der Waals surface area contributed by atoms with Crippen molar-refractivity contribution in [3.05, 3.63) is 118 Å². The maximum Gasteiger partial charge on any atom is 0.410 e. The Morgan fingerprint density at radius 2 is 1.56 bits per heavy atom. The van der Waals surface area contributed by atoms with Gasteiger partial charge in [-0.2, -0.15) is 0 Å². The lowest BCUT2D eigenvalue weighted by atomic mass is 10.0. The molecule has 332 valence electrons. The molecule has 2 heterocycles. The predicted octanol–water partition coefficient (Wildman–Crippen LogP) is 6.52. The van der Waals surface area contributed by atoms with Crippen LogP contribution in [0.3, 0.4) is 0 Å². The number of hydrogen-bond acceptors (Lipinski definition) is 9. The lowest BCUT2D eigenvalue weighted by Gasteiger charge is -2.35. The summed E-state index contributed by atoms with van der Waals surface area (Å²) in [5.74, 6) is -3.49. The highest BCUT2D eigenvalue weighted by Crippen LogP contribution is 2.27. The maximum absolute atomic E-state index is 15.2. The molecule has 1 unspecified atom stereocenters. The standard InChI is InChI=1S/C40H43F2N5O8.C4H10N2O/c1-4-45-22-30(38(50)51)37(49)29-20-32(42)34(21-33(29)45)46-16-18-47(19-17-46)40(53)55-24-27-10-12-28(13-11-27)43-35(48)15-14-31(41)36(25(2)3)44-39(52)54-23-26-8-6-5-7-9-26;1-2-3-6-4(5)7/h5-14,20-22,25,36H,4,15-19,23-24H2,1-3H3,(H,43,48)(H,44,52)(H,50,51);2-3H2,1H3,(H3,5,6,7)/b31-14-;. The molecule has 0 aliphatic carbocycles. The monoisotopic (exact) mass is 861 g/mol. The number of pyridine rings is 1. The first-order chi connectivity index (χ1) is 29.6. The van der Waals surface area contributed by atoms with Crippen LogP contribution in [0.4, 0.5) is 34.5 Å². The van der Waals surface area contributed by atoms with E-state index in [1.54, 1.807) is 66.6 Å². The third-order valence-electron chi connectivity index (χ3n) is 9.68. The number of hydrogen-bond donors (Lipinski definition) is 5. The zero-order valence-electron chi connectivity index (χ0n) is 35.1. The van der Waals surface area contributed by atoms with Gasteiger partial charge in [0.1, 0.15) is 30.4 Å². The Hall–Kier alpha value is -6.98. The fraction of sp³-hybridized carbons (Fsp3) is 0.364. The SMILES string of the molecule is CCCNC(N)=O.CCn1cc(C(=O)O)c(=O)c2cc(F)c(N3CCN(C(=O)OCc4ccc(NC(=O)C/C=C(\F)C(NC(=O)OCc5ccccc5)C(C)C)cc4)CC3)cc21. The number of nitrogens with two attached hydrogens (primary N) is 1. The van der Waals surface area contributed by atoms with E-state index >= 15 is 8.78 Å². The van der Waals surface area contributed by atoms with Gasteiger partial charge in [-0.05, 0) is 60.7 Å². The summed E-state index contributed by atoms with van der Waals surface area (Å²) in [6.45, 7) is 9.37. The summed E-state index contributed by atoms with van der Waals surface area (Å²) in [5, 5.41) is 17.0. The summed E-state index contributed by atoms with van der Waals surface area (Å²) in [4.78, 5) is 75.1. The number of carbonyl (C=O) groups excluding carboxylic acids is 4. The third kappa shape index (κ3) is 13.8. The molecule has 5 amide bonds. The molecule has 6 N–H and O–H groups in total. The van der Waals surface area contributed by atoms with Crippen molar-refractivity contribution in [2.75, 3.05) is 42.9 Å². The quantitative estimate of drug-likeness (QED) is 0.0873. The van der Waals surface area contributed by atoms with E-state index in [1.165, 1.54) is 17.2 Å². The van der Waals surface area contributed by atoms with Gasteiger partial charge >= 0.3 is 24.2 Å². The van der Waals surface area contributed by atoms with Gasteiger partial charge in [0.25, 0.3) is 0 Å². The molecule has 1 aromatic heterocycles. The Bertz CT molecular complexity index is 2280. The summed E-state index contributed by atoms with van der Waals surface area (Å²) in [6, 6.07) is 16.9. The van der Waals surface area contributed by atoms with Gasteiger partial charge < -0.3 is 50.6 Å². The number of aryl methyl sites for hydroxylation is 1. The number of rotatable bonds is 15. The Labute approximate surface area is 357 Å². The number of urea groups is 1. The molecule has 4 aromatic rings. The first-order valence-electron chi connectivity index (χ1n) is 20.1. The Kier molecular flexibility index (Phi) is 17.8.